The molecule has 3 N–H and O–H groups in total. The molecule has 17 heavy (non-hydrogen) atoms. The van der Waals surface area contributed by atoms with E-state index >= 15 is 0 Å². The minimum absolute atomic E-state index is 0.722. The fourth-order valence-corrected chi connectivity index (χ4v) is 1.71. The Bertz CT molecular complexity index is 555. The summed E-state index contributed by atoms with van der Waals surface area (Å²) in [5.74, 6) is 0.722. The molecule has 0 aliphatic carbocycles. The van der Waals surface area contributed by atoms with Gasteiger partial charge in [-0.15, -0.1) is 0 Å². The van der Waals surface area contributed by atoms with E-state index in [0.717, 1.165) is 34.0 Å². The van der Waals surface area contributed by atoms with Gasteiger partial charge in [0.1, 0.15) is 0 Å². The van der Waals surface area contributed by atoms with Crippen LogP contribution in [0.15, 0.2) is 36.9 Å². The van der Waals surface area contributed by atoms with Gasteiger partial charge in [-0.2, -0.15) is 0 Å². The van der Waals surface area contributed by atoms with Gasteiger partial charge in [0.05, 0.1) is 12.8 Å². The first-order valence-electron chi connectivity index (χ1n) is 5.40. The second-order valence-corrected chi connectivity index (χ2v) is 4.02. The van der Waals surface area contributed by atoms with Crippen LogP contribution in [0.3, 0.4) is 0 Å². The molecule has 0 bridgehead atoms. The van der Waals surface area contributed by atoms with E-state index in [1.54, 1.807) is 7.11 Å². The lowest BCUT2D eigenvalue weighted by molar-refractivity contribution is 0.401. The highest BCUT2D eigenvalue weighted by Gasteiger charge is 2.07. The number of nitrogens with one attached hydrogen (secondary N) is 1. The molecule has 1 aromatic carbocycles. The lowest BCUT2D eigenvalue weighted by Crippen LogP contribution is -1.92. The number of aromatic amines is 1. The quantitative estimate of drug-likeness (QED) is 0.792. The van der Waals surface area contributed by atoms with Gasteiger partial charge in [0.25, 0.3) is 0 Å². The largest absolute Gasteiger partial charge is 0.482 e. The van der Waals surface area contributed by atoms with Crippen LogP contribution in [0.2, 0.25) is 0 Å². The molecule has 0 aliphatic rings. The number of H-pyrrole nitrogens is 1. The lowest BCUT2D eigenvalue weighted by atomic mass is 10.0. The number of anilines is 1. The maximum Gasteiger partial charge on any atom is 0.190 e. The van der Waals surface area contributed by atoms with Crippen molar-refractivity contribution in [2.45, 2.75) is 6.92 Å². The minimum Gasteiger partial charge on any atom is -0.482 e. The van der Waals surface area contributed by atoms with E-state index in [-0.39, 0.29) is 0 Å². The number of nitrogen functional groups attached to an aromatic ring is 1. The molecule has 3 nitrogen and oxygen atoms in total. The highest BCUT2D eigenvalue weighted by atomic mass is 16.5. The molecule has 2 rings (SSSR count). The van der Waals surface area contributed by atoms with E-state index in [9.17, 15) is 0 Å². The third kappa shape index (κ3) is 2.18. The van der Waals surface area contributed by atoms with E-state index in [0.29, 0.717) is 0 Å². The second kappa shape index (κ2) is 4.37. The minimum atomic E-state index is 0.722. The maximum atomic E-state index is 5.98. The summed E-state index contributed by atoms with van der Waals surface area (Å²) >= 11 is 0. The first-order chi connectivity index (χ1) is 8.11. The van der Waals surface area contributed by atoms with Crippen LogP contribution in [0, 0.1) is 0 Å². The average Bonchev–Trinajstić information content (AvgIpc) is 2.77. The SMILES string of the molecule is C=C(C)c1ccc(N)c(-c2ccc(OC)[nH]2)c1. The molecule has 0 atom stereocenters. The monoisotopic (exact) mass is 228 g/mol. The van der Waals surface area contributed by atoms with Gasteiger partial charge in [-0.3, -0.25) is 0 Å². The predicted molar refractivity (Wildman–Crippen MR) is 71.9 cm³/mol. The molecule has 0 unspecified atom stereocenters. The van der Waals surface area contributed by atoms with Crippen LogP contribution in [-0.4, -0.2) is 12.1 Å². The molecule has 0 amide bonds. The smallest absolute Gasteiger partial charge is 0.190 e. The van der Waals surface area contributed by atoms with Gasteiger partial charge in [-0.25, -0.2) is 0 Å². The first kappa shape index (κ1) is 11.3. The Balaban J connectivity index is 2.49. The molecule has 1 aromatic heterocycles. The van der Waals surface area contributed by atoms with Gasteiger partial charge in [0.15, 0.2) is 5.88 Å². The number of methoxy groups -OCH3 is 1. The Kier molecular flexibility index (Phi) is 2.91. The fraction of sp³-hybridized carbons (Fsp3) is 0.143. The van der Waals surface area contributed by atoms with Crippen molar-refractivity contribution in [3.63, 3.8) is 0 Å². The fourth-order valence-electron chi connectivity index (χ4n) is 1.71. The number of ether oxygens (including phenoxy) is 1. The zero-order valence-corrected chi connectivity index (χ0v) is 10.1. The lowest BCUT2D eigenvalue weighted by Gasteiger charge is -2.07. The second-order valence-electron chi connectivity index (χ2n) is 4.02. The molecule has 0 saturated heterocycles. The Hall–Kier alpha value is -2.16. The number of allylic oxidation sites excluding steroid dienone is 1. The highest BCUT2D eigenvalue weighted by molar-refractivity contribution is 5.79. The first-order valence-corrected chi connectivity index (χ1v) is 5.40. The van der Waals surface area contributed by atoms with Crippen LogP contribution >= 0.6 is 0 Å². The van der Waals surface area contributed by atoms with Gasteiger partial charge < -0.3 is 15.5 Å². The zero-order chi connectivity index (χ0) is 12.4. The Morgan fingerprint density at radius 3 is 2.65 bits per heavy atom. The van der Waals surface area contributed by atoms with Crippen LogP contribution in [0.4, 0.5) is 5.69 Å². The van der Waals surface area contributed by atoms with Crippen molar-refractivity contribution in [3.05, 3.63) is 42.5 Å². The number of hydrogen-bond acceptors (Lipinski definition) is 2. The Labute approximate surface area is 101 Å². The standard InChI is InChI=1S/C14H16N2O/c1-9(2)10-4-5-12(15)11(8-10)13-6-7-14(16-13)17-3/h4-8,16H,1,15H2,2-3H3. The third-order valence-corrected chi connectivity index (χ3v) is 2.72. The molecule has 0 fully saturated rings. The molecule has 88 valence electrons. The Morgan fingerprint density at radius 2 is 2.06 bits per heavy atom. The van der Waals surface area contributed by atoms with E-state index in [1.807, 2.05) is 37.3 Å². The summed E-state index contributed by atoms with van der Waals surface area (Å²) in [6, 6.07) is 9.73. The van der Waals surface area contributed by atoms with Crippen LogP contribution in [0.5, 0.6) is 5.88 Å². The summed E-state index contributed by atoms with van der Waals surface area (Å²) in [5.41, 5.74) is 10.7. The van der Waals surface area contributed by atoms with Gasteiger partial charge in [-0.1, -0.05) is 18.2 Å². The maximum absolute atomic E-state index is 5.98. The molecule has 0 aliphatic heterocycles. The number of benzene rings is 1. The van der Waals surface area contributed by atoms with E-state index < -0.39 is 0 Å². The highest BCUT2D eigenvalue weighted by Crippen LogP contribution is 2.29. The summed E-state index contributed by atoms with van der Waals surface area (Å²) < 4.78 is 5.12. The molecule has 0 radical (unpaired) electrons. The summed E-state index contributed by atoms with van der Waals surface area (Å²) in [6.07, 6.45) is 0. The van der Waals surface area contributed by atoms with Crippen molar-refractivity contribution < 1.29 is 4.74 Å². The van der Waals surface area contributed by atoms with Gasteiger partial charge >= 0.3 is 0 Å². The van der Waals surface area contributed by atoms with E-state index in [4.69, 9.17) is 10.5 Å². The summed E-state index contributed by atoms with van der Waals surface area (Å²) in [6.45, 7) is 5.91. The van der Waals surface area contributed by atoms with E-state index in [1.165, 1.54) is 0 Å². The zero-order valence-electron chi connectivity index (χ0n) is 10.1. The summed E-state index contributed by atoms with van der Waals surface area (Å²) in [7, 11) is 1.63. The number of aromatic nitrogens is 1. The van der Waals surface area contributed by atoms with E-state index in [2.05, 4.69) is 11.6 Å². The normalized spacial score (nSPS) is 10.2. The van der Waals surface area contributed by atoms with Gasteiger partial charge in [0, 0.05) is 17.3 Å². The van der Waals surface area contributed by atoms with Gasteiger partial charge in [-0.05, 0) is 30.7 Å². The van der Waals surface area contributed by atoms with Crippen molar-refractivity contribution in [1.82, 2.24) is 4.98 Å². The number of rotatable bonds is 3. The van der Waals surface area contributed by atoms with Crippen LogP contribution < -0.4 is 10.5 Å². The van der Waals surface area contributed by atoms with Crippen molar-refractivity contribution in [2.75, 3.05) is 12.8 Å². The van der Waals surface area contributed by atoms with Crippen LogP contribution in [0.1, 0.15) is 12.5 Å². The molecule has 1 heterocycles. The van der Waals surface area contributed by atoms with Gasteiger partial charge in [0.2, 0.25) is 0 Å². The number of hydrogen-bond donors (Lipinski definition) is 2. The molecule has 2 aromatic rings. The van der Waals surface area contributed by atoms with Crippen LogP contribution in [0.25, 0.3) is 16.8 Å². The predicted octanol–water partition coefficient (Wildman–Crippen LogP) is 3.31. The van der Waals surface area contributed by atoms with Crippen molar-refractivity contribution in [1.29, 1.82) is 0 Å². The van der Waals surface area contributed by atoms with Crippen molar-refractivity contribution >= 4 is 11.3 Å². The summed E-state index contributed by atoms with van der Waals surface area (Å²) in [5, 5.41) is 0. The molecular weight excluding hydrogens is 212 g/mol. The molecule has 0 saturated carbocycles. The molecule has 0 spiro atoms. The van der Waals surface area contributed by atoms with Crippen molar-refractivity contribution in [3.8, 4) is 17.1 Å². The summed E-state index contributed by atoms with van der Waals surface area (Å²) in [4.78, 5) is 3.15. The average molecular weight is 228 g/mol. The Morgan fingerprint density at radius 1 is 1.29 bits per heavy atom. The van der Waals surface area contributed by atoms with Crippen molar-refractivity contribution in [2.24, 2.45) is 0 Å². The number of nitrogens with two attached hydrogens (primary N) is 1. The molecular formula is C14H16N2O. The molecule has 3 heteroatoms. The third-order valence-electron chi connectivity index (χ3n) is 2.72. The topological polar surface area (TPSA) is 51.0 Å². The van der Waals surface area contributed by atoms with Crippen LogP contribution in [-0.2, 0) is 0 Å².